The van der Waals surface area contributed by atoms with E-state index in [-0.39, 0.29) is 5.91 Å². The third kappa shape index (κ3) is 3.25. The van der Waals surface area contributed by atoms with Gasteiger partial charge in [-0.05, 0) is 48.5 Å². The lowest BCUT2D eigenvalue weighted by Gasteiger charge is -2.07. The maximum absolute atomic E-state index is 12.6. The van der Waals surface area contributed by atoms with Crippen molar-refractivity contribution in [3.8, 4) is 22.9 Å². The van der Waals surface area contributed by atoms with Crippen LogP contribution in [0.4, 0.5) is 0 Å². The van der Waals surface area contributed by atoms with E-state index in [1.54, 1.807) is 35.3 Å². The molecule has 0 aliphatic heterocycles. The molecule has 0 bridgehead atoms. The standard InChI is InChI=1S/C22H15N5O2/c28-20(26-27-14-23-18-8-4-5-9-19(18)27)15-10-12-17(13-11-15)22-25-24-21(29-22)16-6-2-1-3-7-16/h1-14H,(H,26,28). The lowest BCUT2D eigenvalue weighted by Crippen LogP contribution is -2.21. The van der Waals surface area contributed by atoms with Gasteiger partial charge < -0.3 is 4.42 Å². The molecule has 5 rings (SSSR count). The number of hydrogen-bond acceptors (Lipinski definition) is 5. The summed E-state index contributed by atoms with van der Waals surface area (Å²) in [5.41, 5.74) is 6.58. The van der Waals surface area contributed by atoms with Gasteiger partial charge in [0, 0.05) is 16.7 Å². The molecule has 140 valence electrons. The van der Waals surface area contributed by atoms with Gasteiger partial charge in [-0.3, -0.25) is 10.2 Å². The zero-order valence-electron chi connectivity index (χ0n) is 15.2. The molecule has 0 unspecified atom stereocenters. The van der Waals surface area contributed by atoms with Gasteiger partial charge in [-0.15, -0.1) is 10.2 Å². The van der Waals surface area contributed by atoms with Crippen molar-refractivity contribution >= 4 is 16.9 Å². The Morgan fingerprint density at radius 3 is 2.21 bits per heavy atom. The molecule has 0 aliphatic carbocycles. The molecule has 1 amide bonds. The lowest BCUT2D eigenvalue weighted by atomic mass is 10.1. The van der Waals surface area contributed by atoms with Crippen LogP contribution in [0.15, 0.2) is 89.6 Å². The predicted octanol–water partition coefficient (Wildman–Crippen LogP) is 4.14. The number of fused-ring (bicyclic) bond motifs is 1. The maximum Gasteiger partial charge on any atom is 0.270 e. The molecule has 0 saturated carbocycles. The van der Waals surface area contributed by atoms with Gasteiger partial charge in [0.1, 0.15) is 6.33 Å². The maximum atomic E-state index is 12.6. The molecule has 0 spiro atoms. The van der Waals surface area contributed by atoms with E-state index in [9.17, 15) is 4.79 Å². The Labute approximate surface area is 165 Å². The average molecular weight is 381 g/mol. The number of benzene rings is 3. The number of imidazole rings is 1. The minimum atomic E-state index is -0.241. The zero-order chi connectivity index (χ0) is 19.6. The number of nitrogens with zero attached hydrogens (tertiary/aromatic N) is 4. The molecule has 0 saturated heterocycles. The predicted molar refractivity (Wildman–Crippen MR) is 109 cm³/mol. The molecule has 5 aromatic rings. The molecule has 7 nitrogen and oxygen atoms in total. The molecule has 0 atom stereocenters. The van der Waals surface area contributed by atoms with Crippen LogP contribution in [-0.2, 0) is 0 Å². The van der Waals surface area contributed by atoms with Gasteiger partial charge in [0.2, 0.25) is 11.8 Å². The number of hydrogen-bond donors (Lipinski definition) is 1. The number of aromatic nitrogens is 4. The first kappa shape index (κ1) is 16.9. The van der Waals surface area contributed by atoms with E-state index >= 15 is 0 Å². The topological polar surface area (TPSA) is 85.8 Å². The molecule has 0 radical (unpaired) electrons. The van der Waals surface area contributed by atoms with Gasteiger partial charge in [-0.25, -0.2) is 9.66 Å². The lowest BCUT2D eigenvalue weighted by molar-refractivity contribution is 0.101. The van der Waals surface area contributed by atoms with Crippen LogP contribution in [-0.4, -0.2) is 25.8 Å². The minimum absolute atomic E-state index is 0.241. The monoisotopic (exact) mass is 381 g/mol. The Balaban J connectivity index is 1.35. The minimum Gasteiger partial charge on any atom is -0.416 e. The number of rotatable bonds is 4. The van der Waals surface area contributed by atoms with Gasteiger partial charge in [0.05, 0.1) is 11.0 Å². The summed E-state index contributed by atoms with van der Waals surface area (Å²) in [6.07, 6.45) is 1.58. The first-order valence-corrected chi connectivity index (χ1v) is 9.01. The van der Waals surface area contributed by atoms with E-state index in [4.69, 9.17) is 4.42 Å². The second-order valence-corrected chi connectivity index (χ2v) is 6.40. The molecule has 2 aromatic heterocycles. The summed E-state index contributed by atoms with van der Waals surface area (Å²) in [6.45, 7) is 0. The number of carbonyl (C=O) groups excluding carboxylic acids is 1. The van der Waals surface area contributed by atoms with Crippen LogP contribution in [0.2, 0.25) is 0 Å². The van der Waals surface area contributed by atoms with Gasteiger partial charge in [-0.2, -0.15) is 0 Å². The number of para-hydroxylation sites is 2. The number of amides is 1. The van der Waals surface area contributed by atoms with Crippen molar-refractivity contribution in [1.29, 1.82) is 0 Å². The fourth-order valence-electron chi connectivity index (χ4n) is 3.02. The highest BCUT2D eigenvalue weighted by molar-refractivity contribution is 6.01. The molecule has 0 aliphatic rings. The molecule has 2 heterocycles. The second-order valence-electron chi connectivity index (χ2n) is 6.40. The number of nitrogens with one attached hydrogen (secondary N) is 1. The van der Waals surface area contributed by atoms with Crippen molar-refractivity contribution in [3.05, 3.63) is 90.8 Å². The Morgan fingerprint density at radius 1 is 0.793 bits per heavy atom. The Morgan fingerprint density at radius 2 is 1.45 bits per heavy atom. The van der Waals surface area contributed by atoms with E-state index in [1.807, 2.05) is 54.6 Å². The Kier molecular flexibility index (Phi) is 4.10. The van der Waals surface area contributed by atoms with E-state index in [0.29, 0.717) is 17.3 Å². The smallest absolute Gasteiger partial charge is 0.270 e. The van der Waals surface area contributed by atoms with Crippen LogP contribution in [0.3, 0.4) is 0 Å². The third-order valence-electron chi connectivity index (χ3n) is 4.52. The average Bonchev–Trinajstić information content (AvgIpc) is 3.43. The summed E-state index contributed by atoms with van der Waals surface area (Å²) < 4.78 is 7.36. The quantitative estimate of drug-likeness (QED) is 0.506. The highest BCUT2D eigenvalue weighted by Gasteiger charge is 2.12. The molecular weight excluding hydrogens is 366 g/mol. The summed E-state index contributed by atoms with van der Waals surface area (Å²) in [5.74, 6) is 0.612. The third-order valence-corrected chi connectivity index (χ3v) is 4.52. The summed E-state index contributed by atoms with van der Waals surface area (Å²) in [4.78, 5) is 16.8. The Bertz CT molecular complexity index is 1290. The van der Waals surface area contributed by atoms with Gasteiger partial charge in [0.15, 0.2) is 0 Å². The van der Waals surface area contributed by atoms with Crippen LogP contribution < -0.4 is 5.43 Å². The molecule has 0 fully saturated rings. The van der Waals surface area contributed by atoms with Crippen molar-refractivity contribution in [2.45, 2.75) is 0 Å². The Hall–Kier alpha value is -4.26. The molecule has 29 heavy (non-hydrogen) atoms. The molecular formula is C22H15N5O2. The van der Waals surface area contributed by atoms with Crippen molar-refractivity contribution in [2.24, 2.45) is 0 Å². The van der Waals surface area contributed by atoms with Gasteiger partial charge in [-0.1, -0.05) is 30.3 Å². The van der Waals surface area contributed by atoms with Crippen LogP contribution in [0.5, 0.6) is 0 Å². The molecule has 1 N–H and O–H groups in total. The fourth-order valence-corrected chi connectivity index (χ4v) is 3.02. The molecule has 7 heteroatoms. The van der Waals surface area contributed by atoms with E-state index in [2.05, 4.69) is 20.6 Å². The van der Waals surface area contributed by atoms with E-state index in [0.717, 1.165) is 22.2 Å². The molecule has 3 aromatic carbocycles. The number of carbonyl (C=O) groups is 1. The van der Waals surface area contributed by atoms with Crippen LogP contribution >= 0.6 is 0 Å². The van der Waals surface area contributed by atoms with E-state index in [1.165, 1.54) is 0 Å². The van der Waals surface area contributed by atoms with Crippen LogP contribution in [0.1, 0.15) is 10.4 Å². The van der Waals surface area contributed by atoms with Crippen molar-refractivity contribution < 1.29 is 9.21 Å². The first-order valence-electron chi connectivity index (χ1n) is 9.01. The fraction of sp³-hybridized carbons (Fsp3) is 0. The largest absolute Gasteiger partial charge is 0.416 e. The highest BCUT2D eigenvalue weighted by Crippen LogP contribution is 2.24. The second kappa shape index (κ2) is 7.05. The van der Waals surface area contributed by atoms with Crippen LogP contribution in [0.25, 0.3) is 33.9 Å². The first-order chi connectivity index (χ1) is 14.3. The summed E-state index contributed by atoms with van der Waals surface area (Å²) in [6, 6.07) is 24.2. The highest BCUT2D eigenvalue weighted by atomic mass is 16.4. The SMILES string of the molecule is O=C(Nn1cnc2ccccc21)c1ccc(-c2nnc(-c3ccccc3)o2)cc1. The van der Waals surface area contributed by atoms with Crippen molar-refractivity contribution in [1.82, 2.24) is 19.9 Å². The summed E-state index contributed by atoms with van der Waals surface area (Å²) in [5, 5.41) is 8.20. The summed E-state index contributed by atoms with van der Waals surface area (Å²) >= 11 is 0. The van der Waals surface area contributed by atoms with E-state index < -0.39 is 0 Å². The zero-order valence-corrected chi connectivity index (χ0v) is 15.2. The summed E-state index contributed by atoms with van der Waals surface area (Å²) in [7, 11) is 0. The van der Waals surface area contributed by atoms with Crippen molar-refractivity contribution in [2.75, 3.05) is 5.43 Å². The van der Waals surface area contributed by atoms with Gasteiger partial charge >= 0.3 is 0 Å². The van der Waals surface area contributed by atoms with Crippen molar-refractivity contribution in [3.63, 3.8) is 0 Å². The normalized spacial score (nSPS) is 10.9. The van der Waals surface area contributed by atoms with Crippen LogP contribution in [0, 0.1) is 0 Å². The van der Waals surface area contributed by atoms with Gasteiger partial charge in [0.25, 0.3) is 5.91 Å².